The fraction of sp³-hybridized carbons (Fsp3) is 0.292. The van der Waals surface area contributed by atoms with Crippen LogP contribution in [0, 0.1) is 17.3 Å². The van der Waals surface area contributed by atoms with Gasteiger partial charge in [0.05, 0.1) is 23.7 Å². The molecule has 0 saturated heterocycles. The van der Waals surface area contributed by atoms with Gasteiger partial charge in [-0.05, 0) is 53.8 Å². The molecule has 2 aliphatic rings. The minimum Gasteiger partial charge on any atom is -0.326 e. The lowest BCUT2D eigenvalue weighted by Gasteiger charge is -2.36. The lowest BCUT2D eigenvalue weighted by atomic mass is 10.0. The van der Waals surface area contributed by atoms with Crippen LogP contribution < -0.4 is 15.5 Å². The van der Waals surface area contributed by atoms with Crippen LogP contribution in [0.1, 0.15) is 20.3 Å². The Hall–Kier alpha value is -2.54. The van der Waals surface area contributed by atoms with Gasteiger partial charge >= 0.3 is 0 Å². The maximum Gasteiger partial charge on any atom is 0.248 e. The smallest absolute Gasteiger partial charge is 0.248 e. The van der Waals surface area contributed by atoms with Crippen molar-refractivity contribution in [3.8, 4) is 0 Å². The Labute approximate surface area is 206 Å². The molecule has 1 fully saturated rings. The van der Waals surface area contributed by atoms with Crippen LogP contribution in [0.2, 0.25) is 5.02 Å². The number of amides is 3. The highest BCUT2D eigenvalue weighted by Crippen LogP contribution is 2.61. The van der Waals surface area contributed by atoms with Crippen LogP contribution in [-0.2, 0) is 14.4 Å². The zero-order valence-corrected chi connectivity index (χ0v) is 20.2. The fourth-order valence-corrected chi connectivity index (χ4v) is 4.81. The summed E-state index contributed by atoms with van der Waals surface area (Å²) in [7, 11) is 0. The fourth-order valence-electron chi connectivity index (χ4n) is 4.41. The normalized spacial score (nSPS) is 22.6. The molecule has 1 heterocycles. The van der Waals surface area contributed by atoms with Crippen molar-refractivity contribution in [2.24, 2.45) is 17.3 Å². The predicted molar refractivity (Wildman–Crippen MR) is 132 cm³/mol. The SMILES string of the molecule is CC1(C)[C@H](C=C(Cl)Cl)[C@H]1C(=O)N1c2ccccc2NC(=O)[C@@H]1CC(=O)Nc1ccc(Cl)cc1. The Bertz CT molecular complexity index is 1140. The molecule has 3 atom stereocenters. The zero-order chi connectivity index (χ0) is 23.9. The standard InChI is InChI=1S/C24H22Cl3N3O3/c1-24(2)15(11-19(26)27)21(24)23(33)30-17-6-4-3-5-16(17)29-22(32)18(30)12-20(31)28-14-9-7-13(25)8-10-14/h3-11,15,18,21H,12H2,1-2H3,(H,28,31)(H,29,32)/t15-,18+,21+/m1/s1. The first-order valence-corrected chi connectivity index (χ1v) is 11.5. The van der Waals surface area contributed by atoms with Crippen molar-refractivity contribution >= 4 is 69.6 Å². The average molecular weight is 507 g/mol. The number of anilines is 3. The lowest BCUT2D eigenvalue weighted by Crippen LogP contribution is -2.53. The Morgan fingerprint density at radius 3 is 2.45 bits per heavy atom. The molecule has 4 rings (SSSR count). The van der Waals surface area contributed by atoms with E-state index in [0.29, 0.717) is 22.1 Å². The topological polar surface area (TPSA) is 78.5 Å². The Morgan fingerprint density at radius 2 is 1.79 bits per heavy atom. The summed E-state index contributed by atoms with van der Waals surface area (Å²) in [6.07, 6.45) is 1.45. The molecule has 0 unspecified atom stereocenters. The lowest BCUT2D eigenvalue weighted by molar-refractivity contribution is -0.127. The van der Waals surface area contributed by atoms with Crippen LogP contribution in [0.25, 0.3) is 0 Å². The number of hydrogen-bond donors (Lipinski definition) is 2. The molecule has 2 N–H and O–H groups in total. The number of nitrogens with zero attached hydrogens (tertiary/aromatic N) is 1. The van der Waals surface area contributed by atoms with E-state index < -0.39 is 23.8 Å². The van der Waals surface area contributed by atoms with Gasteiger partial charge in [-0.25, -0.2) is 0 Å². The van der Waals surface area contributed by atoms with Gasteiger partial charge in [0.25, 0.3) is 0 Å². The summed E-state index contributed by atoms with van der Waals surface area (Å²) in [6, 6.07) is 12.7. The average Bonchev–Trinajstić information content (AvgIpc) is 3.28. The third kappa shape index (κ3) is 4.74. The van der Waals surface area contributed by atoms with Gasteiger partial charge in [-0.15, -0.1) is 0 Å². The Morgan fingerprint density at radius 1 is 1.12 bits per heavy atom. The van der Waals surface area contributed by atoms with Crippen molar-refractivity contribution < 1.29 is 14.4 Å². The summed E-state index contributed by atoms with van der Waals surface area (Å²) in [5, 5.41) is 6.11. The summed E-state index contributed by atoms with van der Waals surface area (Å²) >= 11 is 17.6. The zero-order valence-electron chi connectivity index (χ0n) is 17.9. The van der Waals surface area contributed by atoms with Gasteiger partial charge < -0.3 is 10.6 Å². The number of benzene rings is 2. The highest BCUT2D eigenvalue weighted by atomic mass is 35.5. The van der Waals surface area contributed by atoms with E-state index in [2.05, 4.69) is 10.6 Å². The maximum absolute atomic E-state index is 13.7. The molecule has 0 radical (unpaired) electrons. The summed E-state index contributed by atoms with van der Waals surface area (Å²) in [5.41, 5.74) is 1.23. The minimum absolute atomic E-state index is 0.0963. The van der Waals surface area contributed by atoms with Crippen molar-refractivity contribution in [3.63, 3.8) is 0 Å². The molecule has 0 aromatic heterocycles. The number of carbonyl (C=O) groups is 3. The van der Waals surface area contributed by atoms with Crippen molar-refractivity contribution in [3.05, 3.63) is 64.1 Å². The molecule has 9 heteroatoms. The van der Waals surface area contributed by atoms with E-state index >= 15 is 0 Å². The predicted octanol–water partition coefficient (Wildman–Crippen LogP) is 5.61. The number of para-hydroxylation sites is 2. The number of allylic oxidation sites excluding steroid dienone is 1. The van der Waals surface area contributed by atoms with Crippen LogP contribution in [0.5, 0.6) is 0 Å². The summed E-state index contributed by atoms with van der Waals surface area (Å²) < 4.78 is 0.0963. The van der Waals surface area contributed by atoms with Gasteiger partial charge in [-0.2, -0.15) is 0 Å². The molecule has 6 nitrogen and oxygen atoms in total. The third-order valence-electron chi connectivity index (χ3n) is 6.26. The van der Waals surface area contributed by atoms with E-state index in [1.54, 1.807) is 54.6 Å². The van der Waals surface area contributed by atoms with Gasteiger partial charge in [0.15, 0.2) is 0 Å². The van der Waals surface area contributed by atoms with E-state index in [4.69, 9.17) is 34.8 Å². The Balaban J connectivity index is 1.63. The second-order valence-electron chi connectivity index (χ2n) is 8.77. The quantitative estimate of drug-likeness (QED) is 0.553. The van der Waals surface area contributed by atoms with Crippen molar-refractivity contribution in [1.82, 2.24) is 0 Å². The first-order valence-electron chi connectivity index (χ1n) is 10.4. The molecule has 1 aliphatic carbocycles. The molecule has 1 aliphatic heterocycles. The number of halogens is 3. The van der Waals surface area contributed by atoms with Crippen LogP contribution in [0.4, 0.5) is 17.1 Å². The number of hydrogen-bond acceptors (Lipinski definition) is 3. The monoisotopic (exact) mass is 505 g/mol. The molecule has 3 amide bonds. The molecule has 172 valence electrons. The molecule has 33 heavy (non-hydrogen) atoms. The first kappa shape index (κ1) is 23.6. The highest BCUT2D eigenvalue weighted by molar-refractivity contribution is 6.55. The second-order valence-corrected chi connectivity index (χ2v) is 10.2. The largest absolute Gasteiger partial charge is 0.326 e. The van der Waals surface area contributed by atoms with Crippen molar-refractivity contribution in [2.45, 2.75) is 26.3 Å². The van der Waals surface area contributed by atoms with E-state index in [9.17, 15) is 14.4 Å². The summed E-state index contributed by atoms with van der Waals surface area (Å²) in [5.74, 6) is -1.66. The van der Waals surface area contributed by atoms with Crippen LogP contribution in [0.15, 0.2) is 59.1 Å². The molecule has 0 bridgehead atoms. The van der Waals surface area contributed by atoms with Crippen LogP contribution >= 0.6 is 34.8 Å². The van der Waals surface area contributed by atoms with Crippen LogP contribution in [0.3, 0.4) is 0 Å². The van der Waals surface area contributed by atoms with E-state index in [-0.39, 0.29) is 28.2 Å². The summed E-state index contributed by atoms with van der Waals surface area (Å²) in [6.45, 7) is 3.90. The van der Waals surface area contributed by atoms with E-state index in [1.807, 2.05) is 13.8 Å². The minimum atomic E-state index is -1.01. The molecular formula is C24H22Cl3N3O3. The van der Waals surface area contributed by atoms with E-state index in [0.717, 1.165) is 0 Å². The van der Waals surface area contributed by atoms with Crippen molar-refractivity contribution in [1.29, 1.82) is 0 Å². The number of nitrogens with one attached hydrogen (secondary N) is 2. The molecule has 0 spiro atoms. The molecular weight excluding hydrogens is 485 g/mol. The van der Waals surface area contributed by atoms with Gasteiger partial charge in [-0.1, -0.05) is 60.8 Å². The number of carbonyl (C=O) groups excluding carboxylic acids is 3. The second kappa shape index (κ2) is 9.01. The highest BCUT2D eigenvalue weighted by Gasteiger charge is 2.62. The Kier molecular flexibility index (Phi) is 6.45. The van der Waals surface area contributed by atoms with E-state index in [1.165, 1.54) is 4.90 Å². The van der Waals surface area contributed by atoms with Gasteiger partial charge in [0.1, 0.15) is 10.5 Å². The van der Waals surface area contributed by atoms with Crippen LogP contribution in [-0.4, -0.2) is 23.8 Å². The van der Waals surface area contributed by atoms with Gasteiger partial charge in [0, 0.05) is 10.7 Å². The first-order chi connectivity index (χ1) is 15.6. The number of fused-ring (bicyclic) bond motifs is 1. The van der Waals surface area contributed by atoms with Gasteiger partial charge in [0.2, 0.25) is 17.7 Å². The number of rotatable bonds is 5. The molecule has 2 aromatic rings. The maximum atomic E-state index is 13.7. The molecule has 2 aromatic carbocycles. The summed E-state index contributed by atoms with van der Waals surface area (Å²) in [4.78, 5) is 41.0. The van der Waals surface area contributed by atoms with Gasteiger partial charge in [-0.3, -0.25) is 19.3 Å². The molecule has 1 saturated carbocycles. The van der Waals surface area contributed by atoms with Crippen molar-refractivity contribution in [2.75, 3.05) is 15.5 Å². The third-order valence-corrected chi connectivity index (χ3v) is 6.77.